The van der Waals surface area contributed by atoms with Gasteiger partial charge in [-0.3, -0.25) is 0 Å². The summed E-state index contributed by atoms with van der Waals surface area (Å²) in [5.74, 6) is 0. The molecule has 2 nitrogen and oxygen atoms in total. The molecule has 0 saturated heterocycles. The molecule has 31 heavy (non-hydrogen) atoms. The smallest absolute Gasteiger partial charge is 0.235 e. The fourth-order valence-corrected chi connectivity index (χ4v) is 3.97. The molecule has 6 heteroatoms. The fraction of sp³-hybridized carbons (Fsp3) is 0.0400. The summed E-state index contributed by atoms with van der Waals surface area (Å²) in [4.78, 5) is 4.49. The second kappa shape index (κ2) is 8.58. The average molecular weight is 432 g/mol. The van der Waals surface area contributed by atoms with Crippen molar-refractivity contribution in [1.29, 1.82) is 5.26 Å². The Morgan fingerprint density at radius 2 is 1.45 bits per heavy atom. The average Bonchev–Trinajstić information content (AvgIpc) is 3.28. The van der Waals surface area contributed by atoms with E-state index in [1.165, 1.54) is 35.6 Å². The first-order chi connectivity index (χ1) is 15.0. The summed E-state index contributed by atoms with van der Waals surface area (Å²) in [7, 11) is 0. The van der Waals surface area contributed by atoms with Gasteiger partial charge in [0.15, 0.2) is 0 Å². The van der Waals surface area contributed by atoms with E-state index >= 15 is 0 Å². The molecule has 0 fully saturated rings. The van der Waals surface area contributed by atoms with E-state index in [2.05, 4.69) is 4.98 Å². The third kappa shape index (κ3) is 4.57. The third-order valence-electron chi connectivity index (χ3n) is 4.71. The highest BCUT2D eigenvalue weighted by atomic mass is 32.1. The highest BCUT2D eigenvalue weighted by Gasteiger charge is 2.32. The van der Waals surface area contributed by atoms with Crippen LogP contribution < -0.4 is 0 Å². The molecule has 152 valence electrons. The van der Waals surface area contributed by atoms with Crippen LogP contribution in [0.5, 0.6) is 0 Å². The first kappa shape index (κ1) is 20.6. The predicted octanol–water partition coefficient (Wildman–Crippen LogP) is 7.56. The van der Waals surface area contributed by atoms with Crippen LogP contribution in [-0.2, 0) is 6.18 Å². The number of halogens is 3. The van der Waals surface area contributed by atoms with Gasteiger partial charge in [-0.1, -0.05) is 72.8 Å². The number of aromatic nitrogens is 1. The summed E-state index contributed by atoms with van der Waals surface area (Å²) in [5.41, 5.74) is 2.97. The van der Waals surface area contributed by atoms with Crippen LogP contribution >= 0.6 is 11.3 Å². The Labute approximate surface area is 181 Å². The Morgan fingerprint density at radius 1 is 0.839 bits per heavy atom. The molecule has 0 N–H and O–H groups in total. The lowest BCUT2D eigenvalue weighted by molar-refractivity contribution is -0.137. The maximum Gasteiger partial charge on any atom is 0.416 e. The number of rotatable bonds is 4. The standard InChI is InChI=1S/C25H15F3N2S/c26-25(27,28)22-9-5-4-8-20(22)14-21(15-29)24-30-23(16-31-24)19-12-10-18(11-13-19)17-6-2-1-3-7-17/h1-14,16H/b21-14+. The molecule has 0 bridgehead atoms. The number of nitrogens with zero attached hydrogens (tertiary/aromatic N) is 2. The summed E-state index contributed by atoms with van der Waals surface area (Å²) in [6.07, 6.45) is -3.26. The monoisotopic (exact) mass is 432 g/mol. The van der Waals surface area contributed by atoms with Crippen molar-refractivity contribution in [2.45, 2.75) is 6.18 Å². The largest absolute Gasteiger partial charge is 0.416 e. The first-order valence-corrected chi connectivity index (χ1v) is 10.2. The van der Waals surface area contributed by atoms with Crippen LogP contribution in [0.4, 0.5) is 13.2 Å². The lowest BCUT2D eigenvalue weighted by Crippen LogP contribution is -2.07. The number of benzene rings is 3. The Balaban J connectivity index is 1.64. The van der Waals surface area contributed by atoms with Crippen LogP contribution in [0.25, 0.3) is 34.0 Å². The molecule has 1 heterocycles. The fourth-order valence-electron chi connectivity index (χ4n) is 3.17. The van der Waals surface area contributed by atoms with E-state index < -0.39 is 11.7 Å². The van der Waals surface area contributed by atoms with Crippen LogP contribution in [0.1, 0.15) is 16.1 Å². The molecule has 0 unspecified atom stereocenters. The van der Waals surface area contributed by atoms with Gasteiger partial charge in [-0.2, -0.15) is 18.4 Å². The Hall–Kier alpha value is -3.69. The molecule has 0 amide bonds. The molecular formula is C25H15F3N2S. The van der Waals surface area contributed by atoms with E-state index in [4.69, 9.17) is 0 Å². The highest BCUT2D eigenvalue weighted by molar-refractivity contribution is 7.11. The van der Waals surface area contributed by atoms with Crippen molar-refractivity contribution >= 4 is 23.0 Å². The van der Waals surface area contributed by atoms with Gasteiger partial charge in [-0.15, -0.1) is 11.3 Å². The van der Waals surface area contributed by atoms with E-state index in [0.717, 1.165) is 22.8 Å². The second-order valence-electron chi connectivity index (χ2n) is 6.74. The van der Waals surface area contributed by atoms with E-state index in [9.17, 15) is 18.4 Å². The lowest BCUT2D eigenvalue weighted by Gasteiger charge is -2.09. The van der Waals surface area contributed by atoms with Crippen LogP contribution in [0, 0.1) is 11.3 Å². The molecule has 0 radical (unpaired) electrons. The maximum atomic E-state index is 13.3. The third-order valence-corrected chi connectivity index (χ3v) is 5.58. The summed E-state index contributed by atoms with van der Waals surface area (Å²) >= 11 is 1.23. The van der Waals surface area contributed by atoms with Crippen molar-refractivity contribution in [3.8, 4) is 28.5 Å². The van der Waals surface area contributed by atoms with E-state index in [1.54, 1.807) is 5.38 Å². The minimum atomic E-state index is -4.50. The van der Waals surface area contributed by atoms with Gasteiger partial charge in [-0.05, 0) is 28.8 Å². The molecule has 0 aliphatic carbocycles. The molecule has 1 aromatic heterocycles. The van der Waals surface area contributed by atoms with Gasteiger partial charge in [0.1, 0.15) is 11.1 Å². The molecule has 3 aromatic carbocycles. The normalized spacial score (nSPS) is 11.9. The van der Waals surface area contributed by atoms with Crippen LogP contribution in [-0.4, -0.2) is 4.98 Å². The Morgan fingerprint density at radius 3 is 2.13 bits per heavy atom. The van der Waals surface area contributed by atoms with Crippen molar-refractivity contribution in [2.75, 3.05) is 0 Å². The molecule has 0 spiro atoms. The van der Waals surface area contributed by atoms with Crippen molar-refractivity contribution in [2.24, 2.45) is 0 Å². The van der Waals surface area contributed by atoms with Gasteiger partial charge in [0.25, 0.3) is 0 Å². The molecule has 0 aliphatic heterocycles. The van der Waals surface area contributed by atoms with Gasteiger partial charge < -0.3 is 0 Å². The highest BCUT2D eigenvalue weighted by Crippen LogP contribution is 2.34. The SMILES string of the molecule is N#C/C(=C\c1ccccc1C(F)(F)F)c1nc(-c2ccc(-c3ccccc3)cc2)cs1. The summed E-state index contributed by atoms with van der Waals surface area (Å²) < 4.78 is 39.8. The summed E-state index contributed by atoms with van der Waals surface area (Å²) in [5, 5.41) is 11.7. The number of nitriles is 1. The predicted molar refractivity (Wildman–Crippen MR) is 118 cm³/mol. The second-order valence-corrected chi connectivity index (χ2v) is 7.59. The number of alkyl halides is 3. The lowest BCUT2D eigenvalue weighted by atomic mass is 10.0. The molecule has 0 aliphatic rings. The van der Waals surface area contributed by atoms with E-state index in [0.29, 0.717) is 10.7 Å². The minimum absolute atomic E-state index is 0.0597. The molecule has 4 aromatic rings. The van der Waals surface area contributed by atoms with E-state index in [1.807, 2.05) is 60.7 Å². The van der Waals surface area contributed by atoms with Crippen molar-refractivity contribution in [1.82, 2.24) is 4.98 Å². The van der Waals surface area contributed by atoms with Gasteiger partial charge in [0.2, 0.25) is 0 Å². The van der Waals surface area contributed by atoms with Gasteiger partial charge in [-0.25, -0.2) is 4.98 Å². The van der Waals surface area contributed by atoms with E-state index in [-0.39, 0.29) is 11.1 Å². The number of thiazole rings is 1. The number of hydrogen-bond acceptors (Lipinski definition) is 3. The van der Waals surface area contributed by atoms with Gasteiger partial charge in [0.05, 0.1) is 16.8 Å². The molecule has 4 rings (SSSR count). The van der Waals surface area contributed by atoms with Gasteiger partial charge >= 0.3 is 6.18 Å². The number of hydrogen-bond donors (Lipinski definition) is 0. The zero-order valence-electron chi connectivity index (χ0n) is 16.1. The quantitative estimate of drug-likeness (QED) is 0.312. The molecular weight excluding hydrogens is 417 g/mol. The van der Waals surface area contributed by atoms with Crippen LogP contribution in [0.15, 0.2) is 84.2 Å². The molecule has 0 atom stereocenters. The Kier molecular flexibility index (Phi) is 5.70. The minimum Gasteiger partial charge on any atom is -0.235 e. The number of allylic oxidation sites excluding steroid dienone is 1. The van der Waals surface area contributed by atoms with Crippen LogP contribution in [0.3, 0.4) is 0 Å². The zero-order valence-corrected chi connectivity index (χ0v) is 16.9. The van der Waals surface area contributed by atoms with Crippen molar-refractivity contribution in [3.63, 3.8) is 0 Å². The summed E-state index contributed by atoms with van der Waals surface area (Å²) in [6.45, 7) is 0. The topological polar surface area (TPSA) is 36.7 Å². The maximum absolute atomic E-state index is 13.3. The zero-order chi connectivity index (χ0) is 21.8. The van der Waals surface area contributed by atoms with Gasteiger partial charge in [0, 0.05) is 10.9 Å². The van der Waals surface area contributed by atoms with Crippen molar-refractivity contribution < 1.29 is 13.2 Å². The van der Waals surface area contributed by atoms with Crippen LogP contribution in [0.2, 0.25) is 0 Å². The van der Waals surface area contributed by atoms with Crippen molar-refractivity contribution in [3.05, 3.63) is 100 Å². The molecule has 0 saturated carbocycles. The summed E-state index contributed by atoms with van der Waals surface area (Å²) in [6, 6.07) is 25.0. The first-order valence-electron chi connectivity index (χ1n) is 9.35. The Bertz CT molecular complexity index is 1260.